The minimum atomic E-state index is -0.648. The molecule has 3 aromatic rings. The van der Waals surface area contributed by atoms with Crippen molar-refractivity contribution in [2.75, 3.05) is 6.54 Å². The molecule has 0 aliphatic rings. The zero-order valence-corrected chi connectivity index (χ0v) is 25.8. The number of ether oxygens (including phenoxy) is 2. The van der Waals surface area contributed by atoms with Crippen LogP contribution >= 0.6 is 0 Å². The molecule has 0 aliphatic carbocycles. The van der Waals surface area contributed by atoms with Gasteiger partial charge in [0.15, 0.2) is 0 Å². The van der Waals surface area contributed by atoms with Crippen LogP contribution in [0.3, 0.4) is 0 Å². The molecule has 1 N–H and O–H groups in total. The van der Waals surface area contributed by atoms with Crippen molar-refractivity contribution in [2.45, 2.75) is 78.4 Å². The van der Waals surface area contributed by atoms with E-state index in [0.29, 0.717) is 19.3 Å². The Labute approximate surface area is 250 Å². The molecule has 6 nitrogen and oxygen atoms in total. The summed E-state index contributed by atoms with van der Waals surface area (Å²) in [5.41, 5.74) is 2.97. The fourth-order valence-corrected chi connectivity index (χ4v) is 4.75. The van der Waals surface area contributed by atoms with Gasteiger partial charge in [0, 0.05) is 12.5 Å². The van der Waals surface area contributed by atoms with Gasteiger partial charge in [-0.3, -0.25) is 14.4 Å². The van der Waals surface area contributed by atoms with E-state index < -0.39 is 23.0 Å². The first-order valence-corrected chi connectivity index (χ1v) is 14.7. The van der Waals surface area contributed by atoms with Gasteiger partial charge >= 0.3 is 11.9 Å². The second kappa shape index (κ2) is 14.8. The Balaban J connectivity index is 1.81. The van der Waals surface area contributed by atoms with Crippen LogP contribution in [0.15, 0.2) is 84.9 Å². The topological polar surface area (TPSA) is 81.7 Å². The molecule has 0 saturated carbocycles. The lowest BCUT2D eigenvalue weighted by molar-refractivity contribution is -0.160. The SMILES string of the molecule is CC(C)(C)OC(=O)CCNC(=O)[C@@H](Cc1ccc(-c2ccccc2)cc1)C[C@@H](Cc1ccccc1)C(=O)OC(C)(C)C. The highest BCUT2D eigenvalue weighted by Crippen LogP contribution is 2.26. The van der Waals surface area contributed by atoms with Gasteiger partial charge in [0.2, 0.25) is 5.91 Å². The standard InChI is InChI=1S/C36H45NO5/c1-35(2,3)41-32(38)21-22-37-33(39)30(23-27-17-19-29(20-18-27)28-15-11-8-12-16-28)25-31(34(40)42-36(4,5)6)24-26-13-9-7-10-14-26/h7-20,30-31H,21-25H2,1-6H3,(H,37,39)/t30-,31+/m0/s1. The Bertz CT molecular complexity index is 1290. The van der Waals surface area contributed by atoms with E-state index in [1.165, 1.54) is 0 Å². The summed E-state index contributed by atoms with van der Waals surface area (Å²) in [6.45, 7) is 11.1. The van der Waals surface area contributed by atoms with E-state index >= 15 is 0 Å². The van der Waals surface area contributed by atoms with Crippen LogP contribution in [0, 0.1) is 11.8 Å². The number of carbonyl (C=O) groups is 3. The molecule has 42 heavy (non-hydrogen) atoms. The van der Waals surface area contributed by atoms with Crippen LogP contribution in [0.1, 0.15) is 65.5 Å². The second-order valence-electron chi connectivity index (χ2n) is 12.7. The second-order valence-corrected chi connectivity index (χ2v) is 12.7. The molecular formula is C36H45NO5. The summed E-state index contributed by atoms with van der Waals surface area (Å²) in [6, 6.07) is 28.1. The number of esters is 2. The van der Waals surface area contributed by atoms with Gasteiger partial charge in [0.1, 0.15) is 11.2 Å². The van der Waals surface area contributed by atoms with Crippen molar-refractivity contribution in [2.24, 2.45) is 11.8 Å². The van der Waals surface area contributed by atoms with E-state index in [1.54, 1.807) is 0 Å². The predicted octanol–water partition coefficient (Wildman–Crippen LogP) is 6.95. The normalized spacial score (nSPS) is 13.1. The number of amides is 1. The number of rotatable bonds is 12. The lowest BCUT2D eigenvalue weighted by atomic mass is 9.85. The van der Waals surface area contributed by atoms with E-state index in [1.807, 2.05) is 102 Å². The van der Waals surface area contributed by atoms with E-state index in [4.69, 9.17) is 9.47 Å². The highest BCUT2D eigenvalue weighted by Gasteiger charge is 2.31. The van der Waals surface area contributed by atoms with Crippen molar-refractivity contribution in [3.05, 3.63) is 96.1 Å². The number of carbonyl (C=O) groups excluding carboxylic acids is 3. The van der Waals surface area contributed by atoms with Gasteiger partial charge in [-0.25, -0.2) is 0 Å². The van der Waals surface area contributed by atoms with Crippen molar-refractivity contribution in [3.63, 3.8) is 0 Å². The molecule has 0 aliphatic heterocycles. The number of hydrogen-bond acceptors (Lipinski definition) is 5. The minimum absolute atomic E-state index is 0.0704. The van der Waals surface area contributed by atoms with E-state index in [9.17, 15) is 14.4 Å². The molecule has 0 saturated heterocycles. The van der Waals surface area contributed by atoms with E-state index in [2.05, 4.69) is 29.6 Å². The van der Waals surface area contributed by atoms with E-state index in [-0.39, 0.29) is 30.8 Å². The van der Waals surface area contributed by atoms with Crippen LogP contribution in [0.25, 0.3) is 11.1 Å². The molecular weight excluding hydrogens is 526 g/mol. The van der Waals surface area contributed by atoms with Crippen LogP contribution in [0.2, 0.25) is 0 Å². The predicted molar refractivity (Wildman–Crippen MR) is 167 cm³/mol. The highest BCUT2D eigenvalue weighted by atomic mass is 16.6. The van der Waals surface area contributed by atoms with Gasteiger partial charge in [-0.15, -0.1) is 0 Å². The van der Waals surface area contributed by atoms with Crippen molar-refractivity contribution < 1.29 is 23.9 Å². The first-order chi connectivity index (χ1) is 19.8. The van der Waals surface area contributed by atoms with Gasteiger partial charge in [-0.05, 0) is 83.1 Å². The molecule has 0 fully saturated rings. The Kier molecular flexibility index (Phi) is 11.5. The molecule has 224 valence electrons. The van der Waals surface area contributed by atoms with Crippen molar-refractivity contribution >= 4 is 17.8 Å². The Morgan fingerprint density at radius 2 is 1.14 bits per heavy atom. The molecule has 0 radical (unpaired) electrons. The summed E-state index contributed by atoms with van der Waals surface area (Å²) >= 11 is 0. The zero-order chi connectivity index (χ0) is 30.8. The maximum atomic E-state index is 13.6. The average Bonchev–Trinajstić information content (AvgIpc) is 2.91. The third-order valence-electron chi connectivity index (χ3n) is 6.60. The smallest absolute Gasteiger partial charge is 0.309 e. The third kappa shape index (κ3) is 11.5. The molecule has 6 heteroatoms. The molecule has 0 spiro atoms. The first kappa shape index (κ1) is 32.6. The summed E-state index contributed by atoms with van der Waals surface area (Å²) in [5.74, 6) is -1.92. The largest absolute Gasteiger partial charge is 0.460 e. The molecule has 2 atom stereocenters. The minimum Gasteiger partial charge on any atom is -0.460 e. The Morgan fingerprint density at radius 3 is 1.71 bits per heavy atom. The van der Waals surface area contributed by atoms with Crippen LogP contribution in [0.4, 0.5) is 0 Å². The third-order valence-corrected chi connectivity index (χ3v) is 6.60. The number of nitrogens with one attached hydrogen (secondary N) is 1. The lowest BCUT2D eigenvalue weighted by Crippen LogP contribution is -2.38. The van der Waals surface area contributed by atoms with Gasteiger partial charge in [0.25, 0.3) is 0 Å². The maximum Gasteiger partial charge on any atom is 0.309 e. The first-order valence-electron chi connectivity index (χ1n) is 14.7. The summed E-state index contributed by atoms with van der Waals surface area (Å²) in [6.07, 6.45) is 1.29. The van der Waals surface area contributed by atoms with Crippen molar-refractivity contribution in [3.8, 4) is 11.1 Å². The lowest BCUT2D eigenvalue weighted by Gasteiger charge is -2.27. The van der Waals surface area contributed by atoms with Gasteiger partial charge in [-0.2, -0.15) is 0 Å². The van der Waals surface area contributed by atoms with Gasteiger partial charge in [0.05, 0.1) is 12.3 Å². The maximum absolute atomic E-state index is 13.6. The van der Waals surface area contributed by atoms with Crippen LogP contribution < -0.4 is 5.32 Å². The fourth-order valence-electron chi connectivity index (χ4n) is 4.75. The highest BCUT2D eigenvalue weighted by molar-refractivity contribution is 5.81. The molecule has 0 aromatic heterocycles. The molecule has 0 unspecified atom stereocenters. The molecule has 3 rings (SSSR count). The summed E-state index contributed by atoms with van der Waals surface area (Å²) in [7, 11) is 0. The Morgan fingerprint density at radius 1 is 0.643 bits per heavy atom. The molecule has 1 amide bonds. The summed E-state index contributed by atoms with van der Waals surface area (Å²) in [4.78, 5) is 39.2. The quantitative estimate of drug-likeness (QED) is 0.238. The molecule has 0 heterocycles. The van der Waals surface area contributed by atoms with Crippen LogP contribution in [-0.2, 0) is 36.7 Å². The fraction of sp³-hybridized carbons (Fsp3) is 0.417. The van der Waals surface area contributed by atoms with E-state index in [0.717, 1.165) is 22.3 Å². The van der Waals surface area contributed by atoms with Crippen LogP contribution in [0.5, 0.6) is 0 Å². The summed E-state index contributed by atoms with van der Waals surface area (Å²) in [5, 5.41) is 2.92. The van der Waals surface area contributed by atoms with Crippen LogP contribution in [-0.4, -0.2) is 35.6 Å². The number of hydrogen-bond donors (Lipinski definition) is 1. The Hall–Kier alpha value is -3.93. The summed E-state index contributed by atoms with van der Waals surface area (Å²) < 4.78 is 11.2. The monoisotopic (exact) mass is 571 g/mol. The van der Waals surface area contributed by atoms with Gasteiger partial charge in [-0.1, -0.05) is 84.9 Å². The van der Waals surface area contributed by atoms with Crippen molar-refractivity contribution in [1.29, 1.82) is 0 Å². The zero-order valence-electron chi connectivity index (χ0n) is 25.8. The molecule has 0 bridgehead atoms. The molecule has 3 aromatic carbocycles. The number of benzene rings is 3. The average molecular weight is 572 g/mol. The van der Waals surface area contributed by atoms with Gasteiger partial charge < -0.3 is 14.8 Å². The van der Waals surface area contributed by atoms with Crippen molar-refractivity contribution in [1.82, 2.24) is 5.32 Å².